The van der Waals surface area contributed by atoms with Crippen molar-refractivity contribution in [3.05, 3.63) is 89.2 Å². The van der Waals surface area contributed by atoms with Gasteiger partial charge in [0.1, 0.15) is 5.69 Å². The normalized spacial score (nSPS) is 11.8. The summed E-state index contributed by atoms with van der Waals surface area (Å²) < 4.78 is 47.4. The lowest BCUT2D eigenvalue weighted by Gasteiger charge is -2.07. The highest BCUT2D eigenvalue weighted by molar-refractivity contribution is 6.30. The van der Waals surface area contributed by atoms with E-state index < -0.39 is 17.6 Å². The van der Waals surface area contributed by atoms with Crippen LogP contribution in [0.1, 0.15) is 21.9 Å². The summed E-state index contributed by atoms with van der Waals surface area (Å²) in [7, 11) is 0. The Labute approximate surface area is 194 Å². The van der Waals surface area contributed by atoms with Gasteiger partial charge in [-0.05, 0) is 48.5 Å². The van der Waals surface area contributed by atoms with E-state index in [1.807, 2.05) is 0 Å². The van der Waals surface area contributed by atoms with Gasteiger partial charge in [-0.3, -0.25) is 9.20 Å². The fourth-order valence-electron chi connectivity index (χ4n) is 3.35. The number of carbonyl (C=O) groups excluding carboxylic acids is 1. The van der Waals surface area contributed by atoms with Crippen molar-refractivity contribution in [3.63, 3.8) is 0 Å². The Balaban J connectivity index is 1.42. The molecule has 4 heterocycles. The lowest BCUT2D eigenvalue weighted by Crippen LogP contribution is -2.24. The molecule has 0 saturated carbocycles. The topological polar surface area (TPSA) is 90.3 Å². The van der Waals surface area contributed by atoms with Crippen molar-refractivity contribution in [2.75, 3.05) is 0 Å². The molecule has 0 aliphatic heterocycles. The summed E-state index contributed by atoms with van der Waals surface area (Å²) in [6.45, 7) is -0.162. The molecule has 4 aromatic heterocycles. The number of amides is 1. The number of halogens is 4. The average Bonchev–Trinajstić information content (AvgIpc) is 3.56. The zero-order valence-corrected chi connectivity index (χ0v) is 17.9. The third-order valence-corrected chi connectivity index (χ3v) is 5.25. The number of aromatic nitrogens is 5. The second-order valence-electron chi connectivity index (χ2n) is 7.22. The van der Waals surface area contributed by atoms with Gasteiger partial charge in [-0.25, -0.2) is 4.68 Å². The number of benzene rings is 1. The summed E-state index contributed by atoms with van der Waals surface area (Å²) in [5.74, 6) is 0.0757. The van der Waals surface area contributed by atoms with E-state index in [2.05, 4.69) is 20.6 Å². The molecule has 0 bridgehead atoms. The van der Waals surface area contributed by atoms with Crippen molar-refractivity contribution in [2.24, 2.45) is 0 Å². The van der Waals surface area contributed by atoms with Crippen molar-refractivity contribution < 1.29 is 22.4 Å². The minimum atomic E-state index is -4.52. The van der Waals surface area contributed by atoms with Crippen LogP contribution in [0.4, 0.5) is 13.2 Å². The summed E-state index contributed by atoms with van der Waals surface area (Å²) in [6.07, 6.45) is -2.13. The minimum Gasteiger partial charge on any atom is -0.463 e. The molecule has 1 amide bonds. The van der Waals surface area contributed by atoms with Gasteiger partial charge in [-0.1, -0.05) is 11.6 Å². The van der Waals surface area contributed by atoms with Crippen LogP contribution in [-0.4, -0.2) is 30.3 Å². The number of rotatable bonds is 5. The number of alkyl halides is 3. The van der Waals surface area contributed by atoms with Crippen molar-refractivity contribution in [2.45, 2.75) is 12.7 Å². The fourth-order valence-corrected chi connectivity index (χ4v) is 3.47. The Hall–Kier alpha value is -4.12. The molecule has 0 atom stereocenters. The standard InChI is InChI=1S/C22H14ClF3N6O2/c23-14-4-6-15(7-5-14)32-17(18-2-1-9-34-18)10-16(30-32)21(33)27-11-20-29-28-19-8-3-13(12-31(19)20)22(24,25)26/h1-10,12H,11H2,(H,27,33). The zero-order chi connectivity index (χ0) is 23.9. The van der Waals surface area contributed by atoms with Gasteiger partial charge in [0.25, 0.3) is 5.91 Å². The van der Waals surface area contributed by atoms with Crippen LogP contribution in [0, 0.1) is 0 Å². The first-order chi connectivity index (χ1) is 16.3. The molecule has 0 spiro atoms. The molecule has 5 aromatic rings. The van der Waals surface area contributed by atoms with Crippen LogP contribution < -0.4 is 5.32 Å². The highest BCUT2D eigenvalue weighted by atomic mass is 35.5. The second kappa shape index (κ2) is 8.34. The van der Waals surface area contributed by atoms with Crippen LogP contribution in [-0.2, 0) is 12.7 Å². The Morgan fingerprint density at radius 2 is 1.88 bits per heavy atom. The molecule has 0 unspecified atom stereocenters. The lowest BCUT2D eigenvalue weighted by molar-refractivity contribution is -0.137. The Morgan fingerprint density at radius 1 is 1.09 bits per heavy atom. The summed E-state index contributed by atoms with van der Waals surface area (Å²) in [6, 6.07) is 14.0. The number of nitrogens with zero attached hydrogens (tertiary/aromatic N) is 5. The van der Waals surface area contributed by atoms with E-state index in [9.17, 15) is 18.0 Å². The molecule has 0 fully saturated rings. The van der Waals surface area contributed by atoms with Gasteiger partial charge in [0.2, 0.25) is 0 Å². The van der Waals surface area contributed by atoms with Crippen molar-refractivity contribution in [1.29, 1.82) is 0 Å². The molecule has 0 aliphatic carbocycles. The Kier molecular flexibility index (Phi) is 5.33. The smallest absolute Gasteiger partial charge is 0.417 e. The van der Waals surface area contributed by atoms with Crippen LogP contribution in [0.15, 0.2) is 71.5 Å². The van der Waals surface area contributed by atoms with E-state index in [1.165, 1.54) is 21.4 Å². The van der Waals surface area contributed by atoms with Gasteiger partial charge in [0.05, 0.1) is 24.1 Å². The van der Waals surface area contributed by atoms with Crippen molar-refractivity contribution >= 4 is 23.2 Å². The maximum atomic E-state index is 13.1. The zero-order valence-electron chi connectivity index (χ0n) is 17.1. The van der Waals surface area contributed by atoms with Gasteiger partial charge >= 0.3 is 6.18 Å². The molecule has 0 radical (unpaired) electrons. The van der Waals surface area contributed by atoms with Gasteiger partial charge < -0.3 is 9.73 Å². The van der Waals surface area contributed by atoms with Crippen LogP contribution in [0.3, 0.4) is 0 Å². The summed E-state index contributed by atoms with van der Waals surface area (Å²) in [5.41, 5.74) is 0.630. The monoisotopic (exact) mass is 486 g/mol. The van der Waals surface area contributed by atoms with Crippen LogP contribution in [0.2, 0.25) is 5.02 Å². The highest BCUT2D eigenvalue weighted by Crippen LogP contribution is 2.29. The van der Waals surface area contributed by atoms with E-state index in [1.54, 1.807) is 42.5 Å². The van der Waals surface area contributed by atoms with Crippen LogP contribution in [0.5, 0.6) is 0 Å². The fraction of sp³-hybridized carbons (Fsp3) is 0.0909. The van der Waals surface area contributed by atoms with E-state index in [-0.39, 0.29) is 23.7 Å². The maximum absolute atomic E-state index is 13.1. The van der Waals surface area contributed by atoms with E-state index in [4.69, 9.17) is 16.0 Å². The lowest BCUT2D eigenvalue weighted by atomic mass is 10.2. The molecular formula is C22H14ClF3N6O2. The number of nitrogens with one attached hydrogen (secondary N) is 1. The quantitative estimate of drug-likeness (QED) is 0.386. The molecule has 0 aliphatic rings. The van der Waals surface area contributed by atoms with Gasteiger partial charge in [0.15, 0.2) is 22.9 Å². The first-order valence-corrected chi connectivity index (χ1v) is 10.3. The van der Waals surface area contributed by atoms with Gasteiger partial charge in [-0.2, -0.15) is 18.3 Å². The molecule has 1 N–H and O–H groups in total. The number of hydrogen-bond acceptors (Lipinski definition) is 5. The Bertz CT molecular complexity index is 1470. The van der Waals surface area contributed by atoms with E-state index in [0.29, 0.717) is 22.2 Å². The molecule has 1 aromatic carbocycles. The highest BCUT2D eigenvalue weighted by Gasteiger charge is 2.31. The number of furan rings is 1. The summed E-state index contributed by atoms with van der Waals surface area (Å²) in [5, 5.41) is 15.3. The minimum absolute atomic E-state index is 0.0751. The SMILES string of the molecule is O=C(NCc1nnc2ccc(C(F)(F)F)cn12)c1cc(-c2ccco2)n(-c2ccc(Cl)cc2)n1. The van der Waals surface area contributed by atoms with Crippen LogP contribution in [0.25, 0.3) is 22.8 Å². The largest absolute Gasteiger partial charge is 0.463 e. The average molecular weight is 487 g/mol. The number of pyridine rings is 1. The van der Waals surface area contributed by atoms with Crippen LogP contribution >= 0.6 is 11.6 Å². The molecule has 5 rings (SSSR count). The molecular weight excluding hydrogens is 473 g/mol. The molecule has 0 saturated heterocycles. The number of fused-ring (bicyclic) bond motifs is 1. The molecule has 34 heavy (non-hydrogen) atoms. The summed E-state index contributed by atoms with van der Waals surface area (Å²) >= 11 is 5.97. The predicted octanol–water partition coefficient (Wildman–Crippen LogP) is 4.78. The van der Waals surface area contributed by atoms with E-state index >= 15 is 0 Å². The molecule has 12 heteroatoms. The van der Waals surface area contributed by atoms with E-state index in [0.717, 1.165) is 12.3 Å². The predicted molar refractivity (Wildman–Crippen MR) is 115 cm³/mol. The first kappa shape index (κ1) is 21.7. The molecule has 172 valence electrons. The number of carbonyl (C=O) groups is 1. The maximum Gasteiger partial charge on any atom is 0.417 e. The second-order valence-corrected chi connectivity index (χ2v) is 7.66. The van der Waals surface area contributed by atoms with Crippen molar-refractivity contribution in [3.8, 4) is 17.1 Å². The van der Waals surface area contributed by atoms with Gasteiger partial charge in [0, 0.05) is 17.3 Å². The third kappa shape index (κ3) is 4.13. The molecule has 8 nitrogen and oxygen atoms in total. The third-order valence-electron chi connectivity index (χ3n) is 4.99. The van der Waals surface area contributed by atoms with Gasteiger partial charge in [-0.15, -0.1) is 10.2 Å². The number of hydrogen-bond donors (Lipinski definition) is 1. The Morgan fingerprint density at radius 3 is 2.59 bits per heavy atom. The van der Waals surface area contributed by atoms with Crippen molar-refractivity contribution in [1.82, 2.24) is 29.7 Å². The summed E-state index contributed by atoms with van der Waals surface area (Å²) in [4.78, 5) is 12.8. The first-order valence-electron chi connectivity index (χ1n) is 9.88.